The van der Waals surface area contributed by atoms with Gasteiger partial charge in [0.1, 0.15) is 0 Å². The molecule has 1 N–H and O–H groups in total. The number of nitrogens with zero attached hydrogens (tertiary/aromatic N) is 1. The van der Waals surface area contributed by atoms with E-state index in [4.69, 9.17) is 27.9 Å². The topological polar surface area (TPSA) is 49.8 Å². The van der Waals surface area contributed by atoms with Crippen molar-refractivity contribution in [2.45, 2.75) is 12.6 Å². The van der Waals surface area contributed by atoms with Crippen molar-refractivity contribution >= 4 is 29.1 Å². The average Bonchev–Trinajstić information content (AvgIpc) is 2.79. The number of carbonyl (C=O) groups excluding carboxylic acids is 1. The van der Waals surface area contributed by atoms with Gasteiger partial charge in [0, 0.05) is 17.7 Å². The Morgan fingerprint density at radius 3 is 2.48 bits per heavy atom. The number of fused-ring (bicyclic) bond motifs is 1. The summed E-state index contributed by atoms with van der Waals surface area (Å²) in [6, 6.07) is 12.2. The van der Waals surface area contributed by atoms with Gasteiger partial charge in [0.2, 0.25) is 0 Å². The second kappa shape index (κ2) is 6.79. The van der Waals surface area contributed by atoms with E-state index in [0.29, 0.717) is 46.5 Å². The highest BCUT2D eigenvalue weighted by atomic mass is 35.5. The number of rotatable bonds is 5. The predicted octanol–water partition coefficient (Wildman–Crippen LogP) is 3.91. The second-order valence-electron chi connectivity index (χ2n) is 5.21. The van der Waals surface area contributed by atoms with Gasteiger partial charge in [-0.2, -0.15) is 0 Å². The standard InChI is InChI=1S/C17H15Cl2NO3/c18-13-7-3-8-14(19)15(13)23-10-4-9-20-16(21)11-5-1-2-6-12(11)17(20)22/h1-3,5-8,16,21H,4,9-10H2. The lowest BCUT2D eigenvalue weighted by Gasteiger charge is -2.21. The van der Waals surface area contributed by atoms with Crippen LogP contribution in [0.5, 0.6) is 5.75 Å². The summed E-state index contributed by atoms with van der Waals surface area (Å²) in [7, 11) is 0. The van der Waals surface area contributed by atoms with Crippen LogP contribution < -0.4 is 4.74 Å². The molecule has 0 radical (unpaired) electrons. The Bertz CT molecular complexity index is 715. The van der Waals surface area contributed by atoms with Gasteiger partial charge in [-0.05, 0) is 24.6 Å². The molecule has 3 rings (SSSR count). The van der Waals surface area contributed by atoms with Crippen molar-refractivity contribution < 1.29 is 14.6 Å². The van der Waals surface area contributed by atoms with Gasteiger partial charge in [0.05, 0.1) is 16.7 Å². The van der Waals surface area contributed by atoms with Crippen LogP contribution in [0.25, 0.3) is 0 Å². The fourth-order valence-electron chi connectivity index (χ4n) is 2.60. The number of hydrogen-bond donors (Lipinski definition) is 1. The van der Waals surface area contributed by atoms with Gasteiger partial charge in [-0.25, -0.2) is 0 Å². The lowest BCUT2D eigenvalue weighted by Crippen LogP contribution is -2.29. The monoisotopic (exact) mass is 351 g/mol. The van der Waals surface area contributed by atoms with Crippen molar-refractivity contribution in [3.8, 4) is 5.75 Å². The van der Waals surface area contributed by atoms with Crippen molar-refractivity contribution in [2.24, 2.45) is 0 Å². The number of para-hydroxylation sites is 1. The fourth-order valence-corrected chi connectivity index (χ4v) is 3.11. The van der Waals surface area contributed by atoms with Crippen LogP contribution in [0.4, 0.5) is 0 Å². The van der Waals surface area contributed by atoms with E-state index in [1.807, 2.05) is 0 Å². The summed E-state index contributed by atoms with van der Waals surface area (Å²) in [6.45, 7) is 0.729. The molecule has 1 aliphatic heterocycles. The average molecular weight is 352 g/mol. The lowest BCUT2D eigenvalue weighted by molar-refractivity contribution is 0.0158. The molecule has 120 valence electrons. The zero-order valence-electron chi connectivity index (χ0n) is 12.2. The van der Waals surface area contributed by atoms with E-state index in [1.54, 1.807) is 42.5 Å². The minimum Gasteiger partial charge on any atom is -0.490 e. The van der Waals surface area contributed by atoms with Gasteiger partial charge < -0.3 is 14.7 Å². The molecule has 0 fully saturated rings. The van der Waals surface area contributed by atoms with E-state index in [1.165, 1.54) is 4.90 Å². The van der Waals surface area contributed by atoms with Gasteiger partial charge >= 0.3 is 0 Å². The molecule has 0 saturated heterocycles. The maximum atomic E-state index is 12.3. The summed E-state index contributed by atoms with van der Waals surface area (Å²) in [5.41, 5.74) is 1.20. The highest BCUT2D eigenvalue weighted by Gasteiger charge is 2.34. The summed E-state index contributed by atoms with van der Waals surface area (Å²) in [4.78, 5) is 13.7. The predicted molar refractivity (Wildman–Crippen MR) is 89.0 cm³/mol. The molecule has 6 heteroatoms. The van der Waals surface area contributed by atoms with Crippen LogP contribution >= 0.6 is 23.2 Å². The second-order valence-corrected chi connectivity index (χ2v) is 6.03. The Kier molecular flexibility index (Phi) is 4.76. The minimum atomic E-state index is -0.900. The molecule has 0 aromatic heterocycles. The van der Waals surface area contributed by atoms with Crippen LogP contribution in [-0.2, 0) is 0 Å². The van der Waals surface area contributed by atoms with Crippen LogP contribution in [0.1, 0.15) is 28.6 Å². The molecular weight excluding hydrogens is 337 g/mol. The molecule has 1 aliphatic rings. The van der Waals surface area contributed by atoms with Gasteiger partial charge in [-0.1, -0.05) is 47.5 Å². The number of aliphatic hydroxyl groups excluding tert-OH is 1. The molecule has 1 amide bonds. The number of amides is 1. The smallest absolute Gasteiger partial charge is 0.256 e. The Morgan fingerprint density at radius 1 is 1.09 bits per heavy atom. The zero-order valence-corrected chi connectivity index (χ0v) is 13.7. The highest BCUT2D eigenvalue weighted by Crippen LogP contribution is 2.33. The van der Waals surface area contributed by atoms with E-state index < -0.39 is 6.23 Å². The van der Waals surface area contributed by atoms with Crippen molar-refractivity contribution in [3.05, 3.63) is 63.6 Å². The third-order valence-electron chi connectivity index (χ3n) is 3.73. The summed E-state index contributed by atoms with van der Waals surface area (Å²) < 4.78 is 5.59. The van der Waals surface area contributed by atoms with Gasteiger partial charge in [0.25, 0.3) is 5.91 Å². The first-order chi connectivity index (χ1) is 11.1. The van der Waals surface area contributed by atoms with Crippen molar-refractivity contribution in [1.82, 2.24) is 4.90 Å². The number of carbonyl (C=O) groups is 1. The third-order valence-corrected chi connectivity index (χ3v) is 4.33. The molecule has 1 heterocycles. The van der Waals surface area contributed by atoms with Crippen LogP contribution in [0.3, 0.4) is 0 Å². The molecule has 2 aromatic rings. The van der Waals surface area contributed by atoms with Crippen molar-refractivity contribution in [3.63, 3.8) is 0 Å². The van der Waals surface area contributed by atoms with E-state index in [0.717, 1.165) is 0 Å². The molecule has 1 unspecified atom stereocenters. The van der Waals surface area contributed by atoms with Crippen LogP contribution in [0.15, 0.2) is 42.5 Å². The molecule has 0 bridgehead atoms. The first kappa shape index (κ1) is 16.1. The summed E-state index contributed by atoms with van der Waals surface area (Å²) in [5.74, 6) is 0.274. The minimum absolute atomic E-state index is 0.163. The van der Waals surface area contributed by atoms with Gasteiger partial charge in [-0.3, -0.25) is 4.79 Å². The molecule has 0 saturated carbocycles. The van der Waals surface area contributed by atoms with Crippen LogP contribution in [0.2, 0.25) is 10.0 Å². The zero-order chi connectivity index (χ0) is 16.4. The third kappa shape index (κ3) is 3.15. The van der Waals surface area contributed by atoms with Gasteiger partial charge in [0.15, 0.2) is 12.0 Å². The Labute approximate surface area is 144 Å². The summed E-state index contributed by atoms with van der Waals surface area (Å²) in [5, 5.41) is 11.1. The number of hydrogen-bond acceptors (Lipinski definition) is 3. The number of aliphatic hydroxyl groups is 1. The Morgan fingerprint density at radius 2 is 1.78 bits per heavy atom. The highest BCUT2D eigenvalue weighted by molar-refractivity contribution is 6.37. The molecule has 23 heavy (non-hydrogen) atoms. The number of benzene rings is 2. The van der Waals surface area contributed by atoms with E-state index >= 15 is 0 Å². The van der Waals surface area contributed by atoms with E-state index in [2.05, 4.69) is 0 Å². The molecule has 1 atom stereocenters. The van der Waals surface area contributed by atoms with Crippen molar-refractivity contribution in [1.29, 1.82) is 0 Å². The maximum absolute atomic E-state index is 12.3. The fraction of sp³-hybridized carbons (Fsp3) is 0.235. The van der Waals surface area contributed by atoms with Crippen molar-refractivity contribution in [2.75, 3.05) is 13.2 Å². The van der Waals surface area contributed by atoms with Crippen LogP contribution in [0, 0.1) is 0 Å². The quantitative estimate of drug-likeness (QED) is 0.830. The first-order valence-electron chi connectivity index (χ1n) is 7.24. The summed E-state index contributed by atoms with van der Waals surface area (Å²) in [6.07, 6.45) is -0.346. The largest absolute Gasteiger partial charge is 0.490 e. The molecule has 0 aliphatic carbocycles. The maximum Gasteiger partial charge on any atom is 0.256 e. The molecule has 4 nitrogen and oxygen atoms in total. The summed E-state index contributed by atoms with van der Waals surface area (Å²) >= 11 is 12.1. The Balaban J connectivity index is 1.57. The van der Waals surface area contributed by atoms with Gasteiger partial charge in [-0.15, -0.1) is 0 Å². The molecule has 2 aromatic carbocycles. The number of halogens is 2. The molecular formula is C17H15Cl2NO3. The van der Waals surface area contributed by atoms with E-state index in [-0.39, 0.29) is 5.91 Å². The Hall–Kier alpha value is -1.75. The van der Waals surface area contributed by atoms with E-state index in [9.17, 15) is 9.90 Å². The number of ether oxygens (including phenoxy) is 1. The SMILES string of the molecule is O=C1c2ccccc2C(O)N1CCCOc1c(Cl)cccc1Cl. The van der Waals surface area contributed by atoms with Crippen LogP contribution in [-0.4, -0.2) is 29.1 Å². The first-order valence-corrected chi connectivity index (χ1v) is 8.00. The normalized spacial score (nSPS) is 16.6. The molecule has 0 spiro atoms. The lowest BCUT2D eigenvalue weighted by atomic mass is 10.1.